The Morgan fingerprint density at radius 2 is 2.10 bits per heavy atom. The number of ether oxygens (including phenoxy) is 1. The fourth-order valence-corrected chi connectivity index (χ4v) is 1.76. The van der Waals surface area contributed by atoms with Crippen LogP contribution in [0.4, 0.5) is 4.79 Å². The second-order valence-electron chi connectivity index (χ2n) is 5.59. The van der Waals surface area contributed by atoms with Crippen molar-refractivity contribution in [2.45, 2.75) is 39.2 Å². The third kappa shape index (κ3) is 5.77. The molecular weight excluding hydrogens is 260 g/mol. The molecule has 0 heterocycles. The second-order valence-corrected chi connectivity index (χ2v) is 5.59. The van der Waals surface area contributed by atoms with E-state index in [0.29, 0.717) is 25.5 Å². The van der Waals surface area contributed by atoms with E-state index in [0.717, 1.165) is 6.61 Å². The fraction of sp³-hybridized carbons (Fsp3) is 0.857. The summed E-state index contributed by atoms with van der Waals surface area (Å²) < 4.78 is 5.46. The molecule has 0 aromatic carbocycles. The van der Waals surface area contributed by atoms with Gasteiger partial charge in [-0.2, -0.15) is 0 Å². The van der Waals surface area contributed by atoms with E-state index < -0.39 is 12.0 Å². The van der Waals surface area contributed by atoms with Crippen LogP contribution < -0.4 is 5.32 Å². The molecule has 0 radical (unpaired) electrons. The van der Waals surface area contributed by atoms with Crippen LogP contribution >= 0.6 is 0 Å². The van der Waals surface area contributed by atoms with E-state index in [1.165, 1.54) is 17.7 Å². The number of carboxylic acid groups (broad SMARTS) is 1. The number of aliphatic carboxylic acids is 1. The molecule has 0 aromatic heterocycles. The number of hydrogen-bond acceptors (Lipinski definition) is 3. The third-order valence-corrected chi connectivity index (χ3v) is 3.73. The van der Waals surface area contributed by atoms with Gasteiger partial charge in [-0.1, -0.05) is 20.3 Å². The average Bonchev–Trinajstić information content (AvgIpc) is 3.23. The molecule has 116 valence electrons. The number of carboxylic acids is 1. The summed E-state index contributed by atoms with van der Waals surface area (Å²) in [5, 5.41) is 11.7. The van der Waals surface area contributed by atoms with E-state index in [4.69, 9.17) is 9.84 Å². The van der Waals surface area contributed by atoms with Crippen LogP contribution in [0.15, 0.2) is 0 Å². The molecule has 2 amide bonds. The summed E-state index contributed by atoms with van der Waals surface area (Å²) in [6.45, 7) is 5.44. The van der Waals surface area contributed by atoms with E-state index in [-0.39, 0.29) is 11.9 Å². The van der Waals surface area contributed by atoms with Crippen molar-refractivity contribution in [3.63, 3.8) is 0 Å². The van der Waals surface area contributed by atoms with Crippen LogP contribution in [0, 0.1) is 11.8 Å². The molecule has 1 aliphatic rings. The fourth-order valence-electron chi connectivity index (χ4n) is 1.76. The highest BCUT2D eigenvalue weighted by Crippen LogP contribution is 2.28. The average molecular weight is 286 g/mol. The van der Waals surface area contributed by atoms with Gasteiger partial charge in [0.2, 0.25) is 0 Å². The van der Waals surface area contributed by atoms with Gasteiger partial charge in [-0.25, -0.2) is 9.59 Å². The number of amides is 2. The van der Waals surface area contributed by atoms with E-state index in [1.807, 2.05) is 13.8 Å². The molecule has 1 saturated carbocycles. The van der Waals surface area contributed by atoms with Crippen molar-refractivity contribution in [1.82, 2.24) is 10.2 Å². The summed E-state index contributed by atoms with van der Waals surface area (Å²) in [5.41, 5.74) is 0. The topological polar surface area (TPSA) is 78.9 Å². The van der Waals surface area contributed by atoms with Crippen LogP contribution in [-0.4, -0.2) is 54.9 Å². The van der Waals surface area contributed by atoms with Gasteiger partial charge < -0.3 is 20.1 Å². The van der Waals surface area contributed by atoms with Gasteiger partial charge in [-0.05, 0) is 24.7 Å². The molecule has 0 aromatic rings. The van der Waals surface area contributed by atoms with Gasteiger partial charge >= 0.3 is 12.0 Å². The Bertz CT molecular complexity index is 331. The lowest BCUT2D eigenvalue weighted by Crippen LogP contribution is -2.50. The molecule has 1 rings (SSSR count). The monoisotopic (exact) mass is 286 g/mol. The van der Waals surface area contributed by atoms with Gasteiger partial charge in [-0.15, -0.1) is 0 Å². The summed E-state index contributed by atoms with van der Waals surface area (Å²) in [4.78, 5) is 24.5. The smallest absolute Gasteiger partial charge is 0.326 e. The maximum Gasteiger partial charge on any atom is 0.326 e. The molecule has 6 nitrogen and oxygen atoms in total. The zero-order valence-electron chi connectivity index (χ0n) is 12.6. The number of carbonyl (C=O) groups excluding carboxylic acids is 1. The van der Waals surface area contributed by atoms with Crippen LogP contribution in [0.1, 0.15) is 33.1 Å². The van der Waals surface area contributed by atoms with E-state index >= 15 is 0 Å². The zero-order chi connectivity index (χ0) is 15.1. The van der Waals surface area contributed by atoms with Gasteiger partial charge in [0, 0.05) is 20.2 Å². The number of hydrogen-bond donors (Lipinski definition) is 2. The first kappa shape index (κ1) is 16.8. The normalized spacial score (nSPS) is 17.4. The molecule has 1 fully saturated rings. The predicted molar refractivity (Wildman–Crippen MR) is 75.6 cm³/mol. The van der Waals surface area contributed by atoms with E-state index in [9.17, 15) is 9.59 Å². The van der Waals surface area contributed by atoms with Crippen molar-refractivity contribution >= 4 is 12.0 Å². The molecule has 0 unspecified atom stereocenters. The first-order valence-corrected chi connectivity index (χ1v) is 7.27. The van der Waals surface area contributed by atoms with Gasteiger partial charge in [0.15, 0.2) is 0 Å². The molecule has 2 N–H and O–H groups in total. The Hall–Kier alpha value is -1.30. The standard InChI is InChI=1S/C14H26N2O4/c1-4-10(2)12(13(17)18)15-14(19)16(3)7-8-20-9-11-5-6-11/h10-12H,4-9H2,1-3H3,(H,15,19)(H,17,18)/t10-,12-/m0/s1. The quantitative estimate of drug-likeness (QED) is 0.630. The number of rotatable bonds is 9. The molecule has 1 aliphatic carbocycles. The lowest BCUT2D eigenvalue weighted by molar-refractivity contribution is -0.140. The Balaban J connectivity index is 2.28. The summed E-state index contributed by atoms with van der Waals surface area (Å²) in [6.07, 6.45) is 3.18. The van der Waals surface area contributed by atoms with Crippen LogP contribution in [0.25, 0.3) is 0 Å². The Morgan fingerprint density at radius 1 is 1.45 bits per heavy atom. The molecule has 6 heteroatoms. The Kier molecular flexibility index (Phi) is 6.78. The zero-order valence-corrected chi connectivity index (χ0v) is 12.6. The van der Waals surface area contributed by atoms with Gasteiger partial charge in [0.25, 0.3) is 0 Å². The minimum atomic E-state index is -0.994. The molecular formula is C14H26N2O4. The van der Waals surface area contributed by atoms with Gasteiger partial charge in [0.05, 0.1) is 6.61 Å². The summed E-state index contributed by atoms with van der Waals surface area (Å²) in [6, 6.07) is -1.21. The number of nitrogens with one attached hydrogen (secondary N) is 1. The van der Waals surface area contributed by atoms with E-state index in [1.54, 1.807) is 7.05 Å². The van der Waals surface area contributed by atoms with Crippen LogP contribution in [0.2, 0.25) is 0 Å². The summed E-state index contributed by atoms with van der Waals surface area (Å²) in [5.74, 6) is -0.391. The van der Waals surface area contributed by atoms with Crippen LogP contribution in [-0.2, 0) is 9.53 Å². The largest absolute Gasteiger partial charge is 0.480 e. The molecule has 20 heavy (non-hydrogen) atoms. The maximum atomic E-state index is 11.9. The van der Waals surface area contributed by atoms with Crippen molar-refractivity contribution in [2.24, 2.45) is 11.8 Å². The van der Waals surface area contributed by atoms with Crippen LogP contribution in [0.5, 0.6) is 0 Å². The van der Waals surface area contributed by atoms with Crippen molar-refractivity contribution in [2.75, 3.05) is 26.8 Å². The summed E-state index contributed by atoms with van der Waals surface area (Å²) >= 11 is 0. The van der Waals surface area contributed by atoms with E-state index in [2.05, 4.69) is 5.32 Å². The number of likely N-dealkylation sites (N-methyl/N-ethyl adjacent to an activating group) is 1. The molecule has 2 atom stereocenters. The number of nitrogens with zero attached hydrogens (tertiary/aromatic N) is 1. The van der Waals surface area contributed by atoms with Crippen molar-refractivity contribution < 1.29 is 19.4 Å². The molecule has 0 saturated heterocycles. The van der Waals surface area contributed by atoms with Crippen molar-refractivity contribution in [3.8, 4) is 0 Å². The highest BCUT2D eigenvalue weighted by Gasteiger charge is 2.26. The maximum absolute atomic E-state index is 11.9. The lowest BCUT2D eigenvalue weighted by atomic mass is 9.99. The Morgan fingerprint density at radius 3 is 2.60 bits per heavy atom. The van der Waals surface area contributed by atoms with Gasteiger partial charge in [0.1, 0.15) is 6.04 Å². The third-order valence-electron chi connectivity index (χ3n) is 3.73. The van der Waals surface area contributed by atoms with Crippen molar-refractivity contribution in [1.29, 1.82) is 0 Å². The Labute approximate surface area is 120 Å². The first-order valence-electron chi connectivity index (χ1n) is 7.27. The second kappa shape index (κ2) is 8.09. The lowest BCUT2D eigenvalue weighted by Gasteiger charge is -2.24. The predicted octanol–water partition coefficient (Wildman–Crippen LogP) is 1.55. The highest BCUT2D eigenvalue weighted by atomic mass is 16.5. The van der Waals surface area contributed by atoms with Gasteiger partial charge in [-0.3, -0.25) is 0 Å². The molecule has 0 aliphatic heterocycles. The SMILES string of the molecule is CC[C@H](C)[C@H](NC(=O)N(C)CCOCC1CC1)C(=O)O. The minimum absolute atomic E-state index is 0.101. The minimum Gasteiger partial charge on any atom is -0.480 e. The van der Waals surface area contributed by atoms with Crippen LogP contribution in [0.3, 0.4) is 0 Å². The molecule has 0 bridgehead atoms. The number of urea groups is 1. The highest BCUT2D eigenvalue weighted by molar-refractivity contribution is 5.82. The number of carbonyl (C=O) groups is 2. The summed E-state index contributed by atoms with van der Waals surface area (Å²) in [7, 11) is 1.64. The first-order chi connectivity index (χ1) is 9.45. The molecule has 0 spiro atoms. The van der Waals surface area contributed by atoms with Crippen molar-refractivity contribution in [3.05, 3.63) is 0 Å².